The lowest BCUT2D eigenvalue weighted by molar-refractivity contribution is 0.237. The van der Waals surface area contributed by atoms with Crippen molar-refractivity contribution in [2.45, 2.75) is 12.8 Å². The van der Waals surface area contributed by atoms with Crippen molar-refractivity contribution in [1.82, 2.24) is 4.90 Å². The number of likely N-dealkylation sites (tertiary alicyclic amines) is 1. The highest BCUT2D eigenvalue weighted by atomic mass is 16.5. The molecule has 98 valence electrons. The number of nitrogens with one attached hydrogen (secondary N) is 1. The van der Waals surface area contributed by atoms with Crippen LogP contribution in [0.15, 0.2) is 24.8 Å². The first-order valence-electron chi connectivity index (χ1n) is 6.63. The average molecular weight is 246 g/mol. The molecule has 1 fully saturated rings. The summed E-state index contributed by atoms with van der Waals surface area (Å²) in [4.78, 5) is 2.45. The molecule has 0 spiro atoms. The van der Waals surface area contributed by atoms with Gasteiger partial charge >= 0.3 is 0 Å². The van der Waals surface area contributed by atoms with E-state index >= 15 is 0 Å². The highest BCUT2D eigenvalue weighted by Gasteiger charge is 2.11. The van der Waals surface area contributed by atoms with Crippen LogP contribution in [0.3, 0.4) is 0 Å². The third-order valence-electron chi connectivity index (χ3n) is 3.40. The van der Waals surface area contributed by atoms with E-state index in [9.17, 15) is 0 Å². The molecule has 0 aliphatic carbocycles. The number of benzene rings is 1. The molecule has 3 nitrogen and oxygen atoms in total. The van der Waals surface area contributed by atoms with Crippen LogP contribution in [0.5, 0.6) is 5.75 Å². The Morgan fingerprint density at radius 2 is 2.17 bits per heavy atom. The maximum Gasteiger partial charge on any atom is 0.128 e. The summed E-state index contributed by atoms with van der Waals surface area (Å²) >= 11 is 0. The number of hydrogen-bond donors (Lipinski definition) is 1. The molecule has 0 bridgehead atoms. The van der Waals surface area contributed by atoms with E-state index in [0.29, 0.717) is 0 Å². The molecule has 3 heteroatoms. The molecule has 1 saturated heterocycles. The molecule has 0 aromatic heterocycles. The SMILES string of the molecule is C=Cc1c(NC)cccc1OCCN1CCCC1. The quantitative estimate of drug-likeness (QED) is 0.835. The molecule has 18 heavy (non-hydrogen) atoms. The van der Waals surface area contributed by atoms with Crippen molar-refractivity contribution in [2.24, 2.45) is 0 Å². The molecule has 1 aliphatic rings. The van der Waals surface area contributed by atoms with E-state index < -0.39 is 0 Å². The van der Waals surface area contributed by atoms with Crippen molar-refractivity contribution < 1.29 is 4.74 Å². The highest BCUT2D eigenvalue weighted by molar-refractivity contribution is 5.71. The largest absolute Gasteiger partial charge is 0.492 e. The van der Waals surface area contributed by atoms with Crippen molar-refractivity contribution in [3.05, 3.63) is 30.3 Å². The summed E-state index contributed by atoms with van der Waals surface area (Å²) in [7, 11) is 1.91. The van der Waals surface area contributed by atoms with Gasteiger partial charge in [0.15, 0.2) is 0 Å². The van der Waals surface area contributed by atoms with Gasteiger partial charge in [-0.25, -0.2) is 0 Å². The zero-order chi connectivity index (χ0) is 12.8. The fourth-order valence-electron chi connectivity index (χ4n) is 2.39. The smallest absolute Gasteiger partial charge is 0.128 e. The molecular formula is C15H22N2O. The molecule has 1 N–H and O–H groups in total. The third kappa shape index (κ3) is 3.05. The van der Waals surface area contributed by atoms with Crippen molar-refractivity contribution >= 4 is 11.8 Å². The molecule has 1 aromatic rings. The number of rotatable bonds is 6. The molecule has 2 rings (SSSR count). The van der Waals surface area contributed by atoms with Crippen LogP contribution in [0.1, 0.15) is 18.4 Å². The van der Waals surface area contributed by atoms with Gasteiger partial charge in [0.25, 0.3) is 0 Å². The van der Waals surface area contributed by atoms with Crippen molar-refractivity contribution in [3.63, 3.8) is 0 Å². The number of anilines is 1. The van der Waals surface area contributed by atoms with Crippen molar-refractivity contribution in [2.75, 3.05) is 38.6 Å². The Morgan fingerprint density at radius 1 is 1.39 bits per heavy atom. The Morgan fingerprint density at radius 3 is 2.83 bits per heavy atom. The second-order valence-electron chi connectivity index (χ2n) is 4.57. The minimum Gasteiger partial charge on any atom is -0.492 e. The van der Waals surface area contributed by atoms with Crippen LogP contribution < -0.4 is 10.1 Å². The van der Waals surface area contributed by atoms with Gasteiger partial charge in [-0.3, -0.25) is 4.90 Å². The fourth-order valence-corrected chi connectivity index (χ4v) is 2.39. The first-order chi connectivity index (χ1) is 8.85. The number of ether oxygens (including phenoxy) is 1. The zero-order valence-corrected chi connectivity index (χ0v) is 11.1. The second kappa shape index (κ2) is 6.45. The summed E-state index contributed by atoms with van der Waals surface area (Å²) in [5.41, 5.74) is 2.10. The average Bonchev–Trinajstić information content (AvgIpc) is 2.91. The number of nitrogens with zero attached hydrogens (tertiary/aromatic N) is 1. The van der Waals surface area contributed by atoms with Crippen LogP contribution in [0, 0.1) is 0 Å². The second-order valence-corrected chi connectivity index (χ2v) is 4.57. The monoisotopic (exact) mass is 246 g/mol. The van der Waals surface area contributed by atoms with Gasteiger partial charge in [-0.15, -0.1) is 0 Å². The van der Waals surface area contributed by atoms with Crippen LogP contribution >= 0.6 is 0 Å². The van der Waals surface area contributed by atoms with E-state index in [1.54, 1.807) is 0 Å². The Labute approximate surface area is 109 Å². The van der Waals surface area contributed by atoms with Crippen LogP contribution in [0.25, 0.3) is 6.08 Å². The first kappa shape index (κ1) is 13.0. The molecular weight excluding hydrogens is 224 g/mol. The topological polar surface area (TPSA) is 24.5 Å². The lowest BCUT2D eigenvalue weighted by Gasteiger charge is -2.17. The summed E-state index contributed by atoms with van der Waals surface area (Å²) in [5.74, 6) is 0.913. The summed E-state index contributed by atoms with van der Waals surface area (Å²) in [6.07, 6.45) is 4.50. The van der Waals surface area contributed by atoms with Crippen LogP contribution in [-0.2, 0) is 0 Å². The summed E-state index contributed by atoms with van der Waals surface area (Å²) in [5, 5.41) is 3.16. The van der Waals surface area contributed by atoms with E-state index in [0.717, 1.165) is 30.2 Å². The Kier molecular flexibility index (Phi) is 4.65. The van der Waals surface area contributed by atoms with E-state index in [4.69, 9.17) is 4.74 Å². The predicted molar refractivity (Wildman–Crippen MR) is 77.2 cm³/mol. The first-order valence-corrected chi connectivity index (χ1v) is 6.63. The molecule has 0 radical (unpaired) electrons. The zero-order valence-electron chi connectivity index (χ0n) is 11.1. The van der Waals surface area contributed by atoms with Gasteiger partial charge in [-0.05, 0) is 38.1 Å². The van der Waals surface area contributed by atoms with Gasteiger partial charge in [0.05, 0.1) is 0 Å². The summed E-state index contributed by atoms with van der Waals surface area (Å²) in [6.45, 7) is 8.05. The molecule has 1 aliphatic heterocycles. The van der Waals surface area contributed by atoms with Gasteiger partial charge in [0, 0.05) is 24.8 Å². The van der Waals surface area contributed by atoms with Gasteiger partial charge in [-0.1, -0.05) is 18.7 Å². The van der Waals surface area contributed by atoms with E-state index in [1.165, 1.54) is 25.9 Å². The Balaban J connectivity index is 1.93. The predicted octanol–water partition coefficient (Wildman–Crippen LogP) is 2.85. The summed E-state index contributed by atoms with van der Waals surface area (Å²) in [6, 6.07) is 6.04. The van der Waals surface area contributed by atoms with Crippen LogP contribution in [0.2, 0.25) is 0 Å². The van der Waals surface area contributed by atoms with E-state index in [1.807, 2.05) is 31.3 Å². The minimum atomic E-state index is 0.744. The van der Waals surface area contributed by atoms with E-state index in [-0.39, 0.29) is 0 Å². The molecule has 0 saturated carbocycles. The molecule has 0 unspecified atom stereocenters. The van der Waals surface area contributed by atoms with E-state index in [2.05, 4.69) is 16.8 Å². The maximum absolute atomic E-state index is 5.88. The third-order valence-corrected chi connectivity index (χ3v) is 3.40. The van der Waals surface area contributed by atoms with Crippen molar-refractivity contribution in [3.8, 4) is 5.75 Å². The highest BCUT2D eigenvalue weighted by Crippen LogP contribution is 2.27. The van der Waals surface area contributed by atoms with Crippen LogP contribution in [-0.4, -0.2) is 38.2 Å². The lowest BCUT2D eigenvalue weighted by Crippen LogP contribution is -2.25. The van der Waals surface area contributed by atoms with Gasteiger partial charge in [0.2, 0.25) is 0 Å². The lowest BCUT2D eigenvalue weighted by atomic mass is 10.1. The standard InChI is InChI=1S/C15H22N2O/c1-3-13-14(16-2)7-6-8-15(13)18-12-11-17-9-4-5-10-17/h3,6-8,16H,1,4-5,9-12H2,2H3. The van der Waals surface area contributed by atoms with Crippen molar-refractivity contribution in [1.29, 1.82) is 0 Å². The van der Waals surface area contributed by atoms with Crippen LogP contribution in [0.4, 0.5) is 5.69 Å². The molecule has 1 aromatic carbocycles. The van der Waals surface area contributed by atoms with Gasteiger partial charge < -0.3 is 10.1 Å². The molecule has 0 atom stereocenters. The Hall–Kier alpha value is -1.48. The Bertz CT molecular complexity index is 397. The fraction of sp³-hybridized carbons (Fsp3) is 0.467. The number of hydrogen-bond acceptors (Lipinski definition) is 3. The molecule has 1 heterocycles. The minimum absolute atomic E-state index is 0.744. The van der Waals surface area contributed by atoms with Gasteiger partial charge in [-0.2, -0.15) is 0 Å². The normalized spacial score (nSPS) is 15.6. The summed E-state index contributed by atoms with van der Waals surface area (Å²) < 4.78 is 5.88. The molecule has 0 amide bonds. The van der Waals surface area contributed by atoms with Gasteiger partial charge in [0.1, 0.15) is 12.4 Å². The maximum atomic E-state index is 5.88.